The number of carboxylic acid groups (broad SMARTS) is 1. The molecule has 0 heterocycles. The summed E-state index contributed by atoms with van der Waals surface area (Å²) in [5, 5.41) is 14.6. The van der Waals surface area contributed by atoms with Gasteiger partial charge in [-0.3, -0.25) is 4.79 Å². The van der Waals surface area contributed by atoms with Gasteiger partial charge >= 0.3 is 5.97 Å². The third-order valence-electron chi connectivity index (χ3n) is 2.33. The van der Waals surface area contributed by atoms with E-state index in [0.29, 0.717) is 6.54 Å². The highest BCUT2D eigenvalue weighted by molar-refractivity contribution is 5.87. The third-order valence-corrected chi connectivity index (χ3v) is 2.33. The summed E-state index contributed by atoms with van der Waals surface area (Å²) in [4.78, 5) is 22.2. The molecule has 0 saturated carbocycles. The van der Waals surface area contributed by atoms with Gasteiger partial charge in [0.05, 0.1) is 12.1 Å². The molecule has 0 spiro atoms. The Bertz CT molecular complexity index is 430. The van der Waals surface area contributed by atoms with Crippen LogP contribution < -0.4 is 10.6 Å². The molecule has 1 amide bonds. The second-order valence-corrected chi connectivity index (χ2v) is 4.32. The van der Waals surface area contributed by atoms with E-state index in [1.165, 1.54) is 6.07 Å². The van der Waals surface area contributed by atoms with Crippen LogP contribution in [0.4, 0.5) is 0 Å². The Morgan fingerprint density at radius 1 is 1.33 bits per heavy atom. The molecule has 0 aliphatic heterocycles. The summed E-state index contributed by atoms with van der Waals surface area (Å²) < 4.78 is 0. The molecule has 1 rings (SSSR count). The molecule has 5 heteroatoms. The highest BCUT2D eigenvalue weighted by Gasteiger charge is 2.05. The number of hydrogen-bond acceptors (Lipinski definition) is 3. The van der Waals surface area contributed by atoms with Crippen LogP contribution in [0.25, 0.3) is 0 Å². The fraction of sp³-hybridized carbons (Fsp3) is 0.385. The number of amides is 1. The van der Waals surface area contributed by atoms with Crippen LogP contribution >= 0.6 is 0 Å². The Hall–Kier alpha value is -1.88. The lowest BCUT2D eigenvalue weighted by molar-refractivity contribution is -0.120. The van der Waals surface area contributed by atoms with Crippen molar-refractivity contribution in [2.75, 3.05) is 6.54 Å². The quantitative estimate of drug-likeness (QED) is 0.703. The number of nitrogens with one attached hydrogen (secondary N) is 2. The first-order valence-electron chi connectivity index (χ1n) is 5.81. The van der Waals surface area contributed by atoms with Crippen molar-refractivity contribution in [2.24, 2.45) is 0 Å². The Morgan fingerprint density at radius 3 is 2.67 bits per heavy atom. The molecule has 1 aromatic rings. The summed E-state index contributed by atoms with van der Waals surface area (Å²) in [6.07, 6.45) is 0. The highest BCUT2D eigenvalue weighted by Crippen LogP contribution is 2.04. The normalized spacial score (nSPS) is 10.4. The van der Waals surface area contributed by atoms with Gasteiger partial charge in [-0.25, -0.2) is 4.79 Å². The summed E-state index contributed by atoms with van der Waals surface area (Å²) in [5.41, 5.74) is 0.995. The van der Waals surface area contributed by atoms with Crippen molar-refractivity contribution in [1.29, 1.82) is 0 Å². The number of carboxylic acids is 1. The predicted molar refractivity (Wildman–Crippen MR) is 68.4 cm³/mol. The summed E-state index contributed by atoms with van der Waals surface area (Å²) in [7, 11) is 0. The molecule has 0 saturated heterocycles. The van der Waals surface area contributed by atoms with Crippen LogP contribution in [-0.2, 0) is 11.3 Å². The first-order chi connectivity index (χ1) is 8.49. The van der Waals surface area contributed by atoms with Gasteiger partial charge in [0.25, 0.3) is 0 Å². The molecule has 0 atom stereocenters. The molecule has 0 radical (unpaired) electrons. The number of aromatic carboxylic acids is 1. The van der Waals surface area contributed by atoms with E-state index in [1.807, 2.05) is 13.8 Å². The lowest BCUT2D eigenvalue weighted by Crippen LogP contribution is -2.36. The lowest BCUT2D eigenvalue weighted by Gasteiger charge is -2.09. The summed E-state index contributed by atoms with van der Waals surface area (Å²) in [6, 6.07) is 6.78. The minimum Gasteiger partial charge on any atom is -0.478 e. The number of benzene rings is 1. The summed E-state index contributed by atoms with van der Waals surface area (Å²) in [6.45, 7) is 4.52. The van der Waals surface area contributed by atoms with Gasteiger partial charge in [0.2, 0.25) is 5.91 Å². The second kappa shape index (κ2) is 6.76. The van der Waals surface area contributed by atoms with Crippen molar-refractivity contribution < 1.29 is 14.7 Å². The molecule has 1 aromatic carbocycles. The Morgan fingerprint density at radius 2 is 2.06 bits per heavy atom. The Labute approximate surface area is 106 Å². The molecule has 0 aliphatic carbocycles. The fourth-order valence-corrected chi connectivity index (χ4v) is 1.37. The van der Waals surface area contributed by atoms with E-state index in [0.717, 1.165) is 5.56 Å². The van der Waals surface area contributed by atoms with E-state index in [1.54, 1.807) is 18.2 Å². The molecule has 98 valence electrons. The minimum absolute atomic E-state index is 0.107. The van der Waals surface area contributed by atoms with Gasteiger partial charge in [-0.1, -0.05) is 26.0 Å². The average molecular weight is 250 g/mol. The first kappa shape index (κ1) is 14.2. The predicted octanol–water partition coefficient (Wildman–Crippen LogP) is 0.999. The van der Waals surface area contributed by atoms with Crippen LogP contribution in [-0.4, -0.2) is 29.6 Å². The molecule has 5 nitrogen and oxygen atoms in total. The van der Waals surface area contributed by atoms with Gasteiger partial charge in [-0.05, 0) is 17.7 Å². The maximum absolute atomic E-state index is 11.4. The van der Waals surface area contributed by atoms with E-state index >= 15 is 0 Å². The SMILES string of the molecule is CC(C)NCC(=O)NCc1cccc(C(=O)O)c1. The van der Waals surface area contributed by atoms with Crippen LogP contribution in [0.1, 0.15) is 29.8 Å². The first-order valence-corrected chi connectivity index (χ1v) is 5.81. The van der Waals surface area contributed by atoms with Crippen molar-refractivity contribution in [3.63, 3.8) is 0 Å². The van der Waals surface area contributed by atoms with E-state index in [9.17, 15) is 9.59 Å². The average Bonchev–Trinajstić information content (AvgIpc) is 2.34. The highest BCUT2D eigenvalue weighted by atomic mass is 16.4. The number of carbonyl (C=O) groups is 2. The third kappa shape index (κ3) is 4.97. The molecule has 18 heavy (non-hydrogen) atoms. The van der Waals surface area contributed by atoms with Gasteiger partial charge in [0, 0.05) is 12.6 Å². The van der Waals surface area contributed by atoms with Crippen LogP contribution in [0.3, 0.4) is 0 Å². The monoisotopic (exact) mass is 250 g/mol. The zero-order valence-electron chi connectivity index (χ0n) is 10.6. The van der Waals surface area contributed by atoms with E-state index in [2.05, 4.69) is 10.6 Å². The molecule has 0 bridgehead atoms. The van der Waals surface area contributed by atoms with E-state index in [4.69, 9.17) is 5.11 Å². The Balaban J connectivity index is 2.46. The summed E-state index contributed by atoms with van der Waals surface area (Å²) >= 11 is 0. The minimum atomic E-state index is -0.968. The zero-order chi connectivity index (χ0) is 13.5. The number of hydrogen-bond donors (Lipinski definition) is 3. The van der Waals surface area contributed by atoms with Crippen LogP contribution in [0.2, 0.25) is 0 Å². The summed E-state index contributed by atoms with van der Waals surface area (Å²) in [5.74, 6) is -1.07. The molecule has 0 fully saturated rings. The molecule has 0 aliphatic rings. The van der Waals surface area contributed by atoms with Crippen LogP contribution in [0.15, 0.2) is 24.3 Å². The van der Waals surface area contributed by atoms with Crippen molar-refractivity contribution >= 4 is 11.9 Å². The maximum Gasteiger partial charge on any atom is 0.335 e. The smallest absolute Gasteiger partial charge is 0.335 e. The maximum atomic E-state index is 11.4. The number of rotatable bonds is 6. The standard InChI is InChI=1S/C13H18N2O3/c1-9(2)14-8-12(16)15-7-10-4-3-5-11(6-10)13(17)18/h3-6,9,14H,7-8H2,1-2H3,(H,15,16)(H,17,18). The van der Waals surface area contributed by atoms with Crippen molar-refractivity contribution in [1.82, 2.24) is 10.6 Å². The molecular formula is C13H18N2O3. The largest absolute Gasteiger partial charge is 0.478 e. The molecule has 3 N–H and O–H groups in total. The van der Waals surface area contributed by atoms with Crippen LogP contribution in [0.5, 0.6) is 0 Å². The Kier molecular flexibility index (Phi) is 5.32. The molecule has 0 unspecified atom stereocenters. The van der Waals surface area contributed by atoms with Gasteiger partial charge in [-0.2, -0.15) is 0 Å². The zero-order valence-corrected chi connectivity index (χ0v) is 10.6. The fourth-order valence-electron chi connectivity index (χ4n) is 1.37. The second-order valence-electron chi connectivity index (χ2n) is 4.32. The van der Waals surface area contributed by atoms with Crippen molar-refractivity contribution in [2.45, 2.75) is 26.4 Å². The van der Waals surface area contributed by atoms with Gasteiger partial charge in [0.15, 0.2) is 0 Å². The molecule has 0 aromatic heterocycles. The number of carbonyl (C=O) groups excluding carboxylic acids is 1. The molecular weight excluding hydrogens is 232 g/mol. The van der Waals surface area contributed by atoms with E-state index < -0.39 is 5.97 Å². The van der Waals surface area contributed by atoms with Gasteiger partial charge in [-0.15, -0.1) is 0 Å². The van der Waals surface area contributed by atoms with E-state index in [-0.39, 0.29) is 24.1 Å². The van der Waals surface area contributed by atoms with Crippen molar-refractivity contribution in [3.05, 3.63) is 35.4 Å². The van der Waals surface area contributed by atoms with Gasteiger partial charge in [0.1, 0.15) is 0 Å². The van der Waals surface area contributed by atoms with Crippen LogP contribution in [0, 0.1) is 0 Å². The lowest BCUT2D eigenvalue weighted by atomic mass is 10.1. The topological polar surface area (TPSA) is 78.4 Å². The van der Waals surface area contributed by atoms with Crippen molar-refractivity contribution in [3.8, 4) is 0 Å². The van der Waals surface area contributed by atoms with Gasteiger partial charge < -0.3 is 15.7 Å².